The van der Waals surface area contributed by atoms with E-state index in [9.17, 15) is 9.59 Å². The van der Waals surface area contributed by atoms with Crippen LogP contribution < -0.4 is 9.47 Å². The first kappa shape index (κ1) is 15.0. The van der Waals surface area contributed by atoms with Crippen LogP contribution in [0, 0.1) is 6.92 Å². The first-order valence-electron chi connectivity index (χ1n) is 7.50. The molecule has 6 nitrogen and oxygen atoms in total. The molecule has 0 N–H and O–H groups in total. The number of fused-ring (bicyclic) bond motifs is 1. The third-order valence-corrected chi connectivity index (χ3v) is 3.61. The molecule has 0 radical (unpaired) electrons. The molecular formula is C19H12O6. The Morgan fingerprint density at radius 2 is 2.04 bits per heavy atom. The molecule has 0 amide bonds. The van der Waals surface area contributed by atoms with Crippen LogP contribution in [0.1, 0.15) is 32.4 Å². The average Bonchev–Trinajstić information content (AvgIpc) is 3.30. The lowest BCUT2D eigenvalue weighted by atomic mass is 10.1. The lowest BCUT2D eigenvalue weighted by molar-refractivity contribution is 0.0701. The molecule has 0 unspecified atom stereocenters. The number of Topliss-reactive ketones (excluding diaryl/α,β-unsaturated/α-hetero) is 1. The Balaban J connectivity index is 1.57. The predicted octanol–water partition coefficient (Wildman–Crippen LogP) is 4.02. The van der Waals surface area contributed by atoms with Crippen LogP contribution in [0.5, 0.6) is 11.5 Å². The number of hydrogen-bond acceptors (Lipinski definition) is 6. The van der Waals surface area contributed by atoms with Gasteiger partial charge in [-0.15, -0.1) is 0 Å². The number of rotatable bonds is 3. The third-order valence-electron chi connectivity index (χ3n) is 3.61. The molecule has 4 rings (SSSR count). The van der Waals surface area contributed by atoms with Gasteiger partial charge >= 0.3 is 5.97 Å². The van der Waals surface area contributed by atoms with E-state index in [-0.39, 0.29) is 23.1 Å². The second-order valence-electron chi connectivity index (χ2n) is 5.41. The van der Waals surface area contributed by atoms with E-state index in [1.165, 1.54) is 30.5 Å². The van der Waals surface area contributed by atoms with Gasteiger partial charge in [-0.05, 0) is 43.3 Å². The summed E-state index contributed by atoms with van der Waals surface area (Å²) in [4.78, 5) is 24.3. The Morgan fingerprint density at radius 3 is 2.76 bits per heavy atom. The third kappa shape index (κ3) is 2.85. The van der Waals surface area contributed by atoms with Gasteiger partial charge in [0.25, 0.3) is 0 Å². The highest BCUT2D eigenvalue weighted by atomic mass is 16.5. The van der Waals surface area contributed by atoms with Gasteiger partial charge in [0.05, 0.1) is 11.8 Å². The minimum atomic E-state index is -0.629. The summed E-state index contributed by atoms with van der Waals surface area (Å²) in [6.45, 7) is 1.81. The smallest absolute Gasteiger partial charge is 0.379 e. The fourth-order valence-electron chi connectivity index (χ4n) is 2.44. The zero-order chi connectivity index (χ0) is 17.4. The molecule has 1 aliphatic heterocycles. The van der Waals surface area contributed by atoms with Crippen LogP contribution >= 0.6 is 0 Å². The maximum absolute atomic E-state index is 12.4. The summed E-state index contributed by atoms with van der Waals surface area (Å²) in [6.07, 6.45) is 2.92. The maximum Gasteiger partial charge on any atom is 0.379 e. The molecule has 25 heavy (non-hydrogen) atoms. The number of hydrogen-bond donors (Lipinski definition) is 0. The summed E-state index contributed by atoms with van der Waals surface area (Å²) >= 11 is 0. The van der Waals surface area contributed by atoms with Crippen molar-refractivity contribution in [1.82, 2.24) is 0 Å². The van der Waals surface area contributed by atoms with Crippen molar-refractivity contribution in [2.75, 3.05) is 0 Å². The normalized spacial score (nSPS) is 14.4. The van der Waals surface area contributed by atoms with Gasteiger partial charge in [-0.1, -0.05) is 0 Å². The lowest BCUT2D eigenvalue weighted by Gasteiger charge is -2.03. The summed E-state index contributed by atoms with van der Waals surface area (Å²) < 4.78 is 21.2. The number of esters is 1. The first-order chi connectivity index (χ1) is 12.1. The zero-order valence-electron chi connectivity index (χ0n) is 13.1. The predicted molar refractivity (Wildman–Crippen MR) is 86.5 cm³/mol. The molecule has 2 aromatic heterocycles. The van der Waals surface area contributed by atoms with Crippen molar-refractivity contribution >= 4 is 17.8 Å². The molecule has 0 spiro atoms. The summed E-state index contributed by atoms with van der Waals surface area (Å²) in [5, 5.41) is 0. The Bertz CT molecular complexity index is 991. The van der Waals surface area contributed by atoms with Gasteiger partial charge in [0.2, 0.25) is 11.5 Å². The second-order valence-corrected chi connectivity index (χ2v) is 5.41. The summed E-state index contributed by atoms with van der Waals surface area (Å²) in [5.41, 5.74) is 0.396. The first-order valence-corrected chi connectivity index (χ1v) is 7.50. The van der Waals surface area contributed by atoms with Crippen molar-refractivity contribution in [2.45, 2.75) is 6.92 Å². The van der Waals surface area contributed by atoms with Gasteiger partial charge in [-0.3, -0.25) is 4.79 Å². The fourth-order valence-corrected chi connectivity index (χ4v) is 2.44. The minimum absolute atomic E-state index is 0.0891. The molecule has 0 aliphatic carbocycles. The number of aryl methyl sites for hydroxylation is 1. The van der Waals surface area contributed by atoms with Gasteiger partial charge in [0.15, 0.2) is 5.76 Å². The van der Waals surface area contributed by atoms with Crippen LogP contribution in [0.4, 0.5) is 0 Å². The maximum atomic E-state index is 12.4. The molecule has 3 aromatic rings. The molecule has 0 fully saturated rings. The standard InChI is InChI=1S/C19H12O6/c1-11-4-5-12(23-11)10-17-18(20)14-7-6-13(9-16(14)25-17)24-19(21)15-3-2-8-22-15/h2-10H,1H3/b17-10-. The van der Waals surface area contributed by atoms with E-state index >= 15 is 0 Å². The number of benzene rings is 1. The van der Waals surface area contributed by atoms with Crippen molar-refractivity contribution in [2.24, 2.45) is 0 Å². The van der Waals surface area contributed by atoms with E-state index in [2.05, 4.69) is 0 Å². The zero-order valence-corrected chi connectivity index (χ0v) is 13.1. The van der Waals surface area contributed by atoms with Crippen LogP contribution in [-0.2, 0) is 0 Å². The molecule has 1 aliphatic rings. The van der Waals surface area contributed by atoms with Crippen molar-refractivity contribution in [3.05, 3.63) is 77.3 Å². The molecule has 0 saturated heterocycles. The Kier molecular flexibility index (Phi) is 3.50. The highest BCUT2D eigenvalue weighted by molar-refractivity contribution is 6.14. The Labute approximate surface area is 142 Å². The van der Waals surface area contributed by atoms with Crippen LogP contribution in [0.25, 0.3) is 6.08 Å². The summed E-state index contributed by atoms with van der Waals surface area (Å²) in [5.74, 6) is 1.20. The van der Waals surface area contributed by atoms with Crippen molar-refractivity contribution < 1.29 is 27.9 Å². The number of furan rings is 2. The monoisotopic (exact) mass is 336 g/mol. The van der Waals surface area contributed by atoms with Crippen LogP contribution in [0.15, 0.2) is 63.3 Å². The number of allylic oxidation sites excluding steroid dienone is 1. The minimum Gasteiger partial charge on any atom is -0.462 e. The average molecular weight is 336 g/mol. The van der Waals surface area contributed by atoms with Crippen LogP contribution in [0.2, 0.25) is 0 Å². The van der Waals surface area contributed by atoms with Crippen molar-refractivity contribution in [3.63, 3.8) is 0 Å². The van der Waals surface area contributed by atoms with Gasteiger partial charge in [0.1, 0.15) is 23.0 Å². The van der Waals surface area contributed by atoms with Crippen LogP contribution in [-0.4, -0.2) is 11.8 Å². The largest absolute Gasteiger partial charge is 0.462 e. The SMILES string of the molecule is Cc1ccc(/C=C2\Oc3cc(OC(=O)c4ccco4)ccc3C2=O)o1. The van der Waals surface area contributed by atoms with Crippen LogP contribution in [0.3, 0.4) is 0 Å². The highest BCUT2D eigenvalue weighted by Gasteiger charge is 2.28. The van der Waals surface area contributed by atoms with E-state index < -0.39 is 5.97 Å². The quantitative estimate of drug-likeness (QED) is 0.408. The molecule has 0 bridgehead atoms. The second kappa shape index (κ2) is 5.83. The van der Waals surface area contributed by atoms with Gasteiger partial charge < -0.3 is 18.3 Å². The topological polar surface area (TPSA) is 78.9 Å². The van der Waals surface area contributed by atoms with E-state index in [1.807, 2.05) is 6.92 Å². The fraction of sp³-hybridized carbons (Fsp3) is 0.0526. The number of carbonyl (C=O) groups excluding carboxylic acids is 2. The lowest BCUT2D eigenvalue weighted by Crippen LogP contribution is -2.07. The molecule has 0 saturated carbocycles. The molecule has 1 aromatic carbocycles. The molecule has 124 valence electrons. The Hall–Kier alpha value is -3.54. The van der Waals surface area contributed by atoms with E-state index in [1.54, 1.807) is 24.3 Å². The molecular weight excluding hydrogens is 324 g/mol. The van der Waals surface area contributed by atoms with Crippen molar-refractivity contribution in [3.8, 4) is 11.5 Å². The summed E-state index contributed by atoms with van der Waals surface area (Å²) in [7, 11) is 0. The van der Waals surface area contributed by atoms with E-state index in [0.29, 0.717) is 17.1 Å². The van der Waals surface area contributed by atoms with E-state index in [4.69, 9.17) is 18.3 Å². The van der Waals surface area contributed by atoms with Gasteiger partial charge in [-0.2, -0.15) is 0 Å². The molecule has 3 heterocycles. The molecule has 6 heteroatoms. The number of carbonyl (C=O) groups is 2. The van der Waals surface area contributed by atoms with Gasteiger partial charge in [-0.25, -0.2) is 4.79 Å². The molecule has 0 atom stereocenters. The number of ketones is 1. The van der Waals surface area contributed by atoms with Crippen molar-refractivity contribution in [1.29, 1.82) is 0 Å². The number of ether oxygens (including phenoxy) is 2. The summed E-state index contributed by atoms with van der Waals surface area (Å²) in [6, 6.07) is 11.2. The Morgan fingerprint density at radius 1 is 1.16 bits per heavy atom. The van der Waals surface area contributed by atoms with E-state index in [0.717, 1.165) is 5.76 Å². The van der Waals surface area contributed by atoms with Gasteiger partial charge in [0, 0.05) is 12.1 Å². The highest BCUT2D eigenvalue weighted by Crippen LogP contribution is 2.35.